The van der Waals surface area contributed by atoms with E-state index in [1.165, 1.54) is 13.0 Å². The van der Waals surface area contributed by atoms with Crippen molar-refractivity contribution in [3.05, 3.63) is 29.3 Å². The molecule has 1 aromatic carbocycles. The number of nitrogens with one attached hydrogen (secondary N) is 1. The molecule has 3 aliphatic rings. The molecular weight excluding hydrogens is 428 g/mol. The minimum Gasteiger partial charge on any atom is -0.507 e. The van der Waals surface area contributed by atoms with Crippen molar-refractivity contribution in [1.29, 1.82) is 0 Å². The number of quaternary nitrogens is 1. The van der Waals surface area contributed by atoms with Crippen LogP contribution in [0.15, 0.2) is 18.2 Å². The third-order valence-corrected chi connectivity index (χ3v) is 6.48. The van der Waals surface area contributed by atoms with Crippen LogP contribution in [0.3, 0.4) is 0 Å². The van der Waals surface area contributed by atoms with E-state index in [0.717, 1.165) is 4.90 Å². The lowest BCUT2D eigenvalue weighted by atomic mass is 9.83. The number of hydrogen-bond acceptors (Lipinski definition) is 7. The SMILES string of the molecule is CC(=O)O[C@H]1[C@@H]([NH+]2CCOCC2)c2c(ccc(/C=C/C(=O)N3CCOCC3)c2O)OC1(C)C. The average Bonchev–Trinajstić information content (AvgIpc) is 2.80. The van der Waals surface area contributed by atoms with Crippen molar-refractivity contribution in [1.82, 2.24) is 4.90 Å². The van der Waals surface area contributed by atoms with E-state index < -0.39 is 17.7 Å². The summed E-state index contributed by atoms with van der Waals surface area (Å²) in [6.45, 7) is 9.92. The number of esters is 1. The number of amides is 1. The summed E-state index contributed by atoms with van der Waals surface area (Å²) < 4.78 is 22.8. The predicted molar refractivity (Wildman–Crippen MR) is 119 cm³/mol. The Hall–Kier alpha value is -2.62. The van der Waals surface area contributed by atoms with Crippen LogP contribution in [0.2, 0.25) is 0 Å². The van der Waals surface area contributed by atoms with Crippen LogP contribution in [0.25, 0.3) is 6.08 Å². The second-order valence-electron chi connectivity index (χ2n) is 9.17. The molecule has 180 valence electrons. The van der Waals surface area contributed by atoms with Gasteiger partial charge in [-0.25, -0.2) is 0 Å². The average molecular weight is 462 g/mol. The van der Waals surface area contributed by atoms with Crippen molar-refractivity contribution in [2.75, 3.05) is 52.6 Å². The quantitative estimate of drug-likeness (QED) is 0.492. The fourth-order valence-electron chi connectivity index (χ4n) is 4.83. The monoisotopic (exact) mass is 461 g/mol. The summed E-state index contributed by atoms with van der Waals surface area (Å²) in [7, 11) is 0. The number of morpholine rings is 2. The molecule has 9 heteroatoms. The largest absolute Gasteiger partial charge is 0.507 e. The third kappa shape index (κ3) is 5.00. The molecule has 0 radical (unpaired) electrons. The van der Waals surface area contributed by atoms with Gasteiger partial charge < -0.3 is 33.9 Å². The van der Waals surface area contributed by atoms with Crippen LogP contribution in [0.5, 0.6) is 11.5 Å². The van der Waals surface area contributed by atoms with Crippen molar-refractivity contribution < 1.29 is 38.5 Å². The molecule has 0 saturated carbocycles. The number of phenolic OH excluding ortho intramolecular Hbond substituents is 1. The van der Waals surface area contributed by atoms with E-state index in [2.05, 4.69) is 0 Å². The number of benzene rings is 1. The molecule has 3 heterocycles. The first-order valence-corrected chi connectivity index (χ1v) is 11.5. The smallest absolute Gasteiger partial charge is 0.303 e. The molecule has 2 fully saturated rings. The van der Waals surface area contributed by atoms with E-state index in [-0.39, 0.29) is 17.7 Å². The summed E-state index contributed by atoms with van der Waals surface area (Å²) in [6.07, 6.45) is 2.50. The van der Waals surface area contributed by atoms with E-state index in [1.54, 1.807) is 17.0 Å². The van der Waals surface area contributed by atoms with Crippen LogP contribution in [-0.4, -0.2) is 86.2 Å². The maximum atomic E-state index is 12.5. The van der Waals surface area contributed by atoms with Crippen molar-refractivity contribution in [2.24, 2.45) is 0 Å². The molecule has 3 aliphatic heterocycles. The molecule has 0 unspecified atom stereocenters. The standard InChI is InChI=1S/C24H32N2O7/c1-16(27)32-23-21(26-10-14-31-15-11-26)20-18(33-24(23,2)3)6-4-17(22(20)29)5-7-19(28)25-8-12-30-13-9-25/h4-7,21,23,29H,8-15H2,1-3H3/p+1/b7-5+/t21-,23-/m0/s1. The Labute approximate surface area is 193 Å². The van der Waals surface area contributed by atoms with Crippen molar-refractivity contribution >= 4 is 18.0 Å². The Balaban J connectivity index is 1.70. The van der Waals surface area contributed by atoms with Gasteiger partial charge in [-0.3, -0.25) is 9.59 Å². The molecule has 2 atom stereocenters. The Morgan fingerprint density at radius 2 is 1.82 bits per heavy atom. The number of carbonyl (C=O) groups excluding carboxylic acids is 2. The predicted octanol–water partition coefficient (Wildman–Crippen LogP) is 0.323. The van der Waals surface area contributed by atoms with E-state index >= 15 is 0 Å². The lowest BCUT2D eigenvalue weighted by Crippen LogP contribution is -3.16. The zero-order valence-corrected chi connectivity index (χ0v) is 19.5. The molecule has 4 rings (SSSR count). The Bertz CT molecular complexity index is 918. The number of hydrogen-bond donors (Lipinski definition) is 2. The lowest BCUT2D eigenvalue weighted by molar-refractivity contribution is -0.944. The van der Waals surface area contributed by atoms with E-state index in [4.69, 9.17) is 18.9 Å². The van der Waals surface area contributed by atoms with Crippen molar-refractivity contribution in [2.45, 2.75) is 38.5 Å². The maximum Gasteiger partial charge on any atom is 0.303 e. The topological polar surface area (TPSA) is 99.0 Å². The zero-order valence-electron chi connectivity index (χ0n) is 19.5. The van der Waals surface area contributed by atoms with Gasteiger partial charge in [-0.2, -0.15) is 0 Å². The first kappa shape index (κ1) is 23.5. The molecule has 33 heavy (non-hydrogen) atoms. The van der Waals surface area contributed by atoms with Gasteiger partial charge in [0.25, 0.3) is 0 Å². The van der Waals surface area contributed by atoms with Crippen LogP contribution in [0, 0.1) is 0 Å². The van der Waals surface area contributed by atoms with E-state index in [1.807, 2.05) is 19.9 Å². The third-order valence-electron chi connectivity index (χ3n) is 6.48. The zero-order chi connectivity index (χ0) is 23.6. The van der Waals surface area contributed by atoms with Gasteiger partial charge in [-0.1, -0.05) is 0 Å². The minimum atomic E-state index is -0.787. The van der Waals surface area contributed by atoms with Crippen LogP contribution in [0.1, 0.15) is 37.9 Å². The van der Waals surface area contributed by atoms with Crippen LogP contribution < -0.4 is 9.64 Å². The molecule has 2 saturated heterocycles. The number of carbonyl (C=O) groups is 2. The van der Waals surface area contributed by atoms with Gasteiger partial charge in [-0.15, -0.1) is 0 Å². The van der Waals surface area contributed by atoms with Gasteiger partial charge in [0.05, 0.1) is 32.0 Å². The molecule has 0 aliphatic carbocycles. The highest BCUT2D eigenvalue weighted by atomic mass is 16.6. The second kappa shape index (κ2) is 9.70. The molecule has 0 bridgehead atoms. The van der Waals surface area contributed by atoms with Crippen LogP contribution >= 0.6 is 0 Å². The fourth-order valence-corrected chi connectivity index (χ4v) is 4.83. The first-order valence-electron chi connectivity index (χ1n) is 11.5. The summed E-state index contributed by atoms with van der Waals surface area (Å²) in [6, 6.07) is 3.22. The summed E-state index contributed by atoms with van der Waals surface area (Å²) >= 11 is 0. The Morgan fingerprint density at radius 3 is 2.48 bits per heavy atom. The highest BCUT2D eigenvalue weighted by Gasteiger charge is 2.52. The lowest BCUT2D eigenvalue weighted by Gasteiger charge is -2.46. The normalized spacial score (nSPS) is 25.4. The molecular formula is C24H33N2O7+. The highest BCUT2D eigenvalue weighted by Crippen LogP contribution is 2.45. The van der Waals surface area contributed by atoms with Gasteiger partial charge in [-0.05, 0) is 32.1 Å². The van der Waals surface area contributed by atoms with Crippen molar-refractivity contribution in [3.63, 3.8) is 0 Å². The van der Waals surface area contributed by atoms with Crippen LogP contribution in [0.4, 0.5) is 0 Å². The summed E-state index contributed by atoms with van der Waals surface area (Å²) in [5.41, 5.74) is 0.321. The van der Waals surface area contributed by atoms with Gasteiger partial charge in [0, 0.05) is 31.7 Å². The molecule has 1 amide bonds. The van der Waals surface area contributed by atoms with E-state index in [9.17, 15) is 14.7 Å². The van der Waals surface area contributed by atoms with Crippen molar-refractivity contribution in [3.8, 4) is 11.5 Å². The molecule has 2 N–H and O–H groups in total. The second-order valence-corrected chi connectivity index (χ2v) is 9.17. The Morgan fingerprint density at radius 1 is 1.15 bits per heavy atom. The number of ether oxygens (including phenoxy) is 4. The van der Waals surface area contributed by atoms with Crippen LogP contribution in [-0.2, 0) is 23.8 Å². The van der Waals surface area contributed by atoms with Gasteiger partial charge >= 0.3 is 5.97 Å². The van der Waals surface area contributed by atoms with Gasteiger partial charge in [0.15, 0.2) is 12.1 Å². The highest BCUT2D eigenvalue weighted by molar-refractivity contribution is 5.92. The Kier molecular flexibility index (Phi) is 6.92. The maximum absolute atomic E-state index is 12.5. The number of phenols is 1. The van der Waals surface area contributed by atoms with Gasteiger partial charge in [0.1, 0.15) is 30.2 Å². The number of fused-ring (bicyclic) bond motifs is 1. The number of nitrogens with zero attached hydrogens (tertiary/aromatic N) is 1. The van der Waals surface area contributed by atoms with Gasteiger partial charge in [0.2, 0.25) is 5.91 Å². The first-order chi connectivity index (χ1) is 15.8. The molecule has 0 spiro atoms. The summed E-state index contributed by atoms with van der Waals surface area (Å²) in [5.74, 6) is 0.0714. The molecule has 1 aromatic rings. The molecule has 9 nitrogen and oxygen atoms in total. The minimum absolute atomic E-state index is 0.0372. The molecule has 0 aromatic heterocycles. The van der Waals surface area contributed by atoms with E-state index in [0.29, 0.717) is 69.5 Å². The summed E-state index contributed by atoms with van der Waals surface area (Å²) in [5, 5.41) is 11.3. The summed E-state index contributed by atoms with van der Waals surface area (Å²) in [4.78, 5) is 27.4. The fraction of sp³-hybridized carbons (Fsp3) is 0.583. The number of aromatic hydroxyl groups is 1. The number of rotatable bonds is 4.